The number of nitrogens with one attached hydrogen (secondary N) is 2. The first kappa shape index (κ1) is 16.5. The third-order valence-electron chi connectivity index (χ3n) is 2.01. The van der Waals surface area contributed by atoms with Crippen molar-refractivity contribution in [3.8, 4) is 0 Å². The van der Waals surface area contributed by atoms with E-state index in [0.29, 0.717) is 0 Å². The lowest BCUT2D eigenvalue weighted by molar-refractivity contribution is 0.628. The maximum atomic E-state index is 5.04. The van der Waals surface area contributed by atoms with Gasteiger partial charge in [-0.15, -0.1) is 23.5 Å². The van der Waals surface area contributed by atoms with Gasteiger partial charge in [0, 0.05) is 13.1 Å². The van der Waals surface area contributed by atoms with Gasteiger partial charge in [-0.05, 0) is 25.4 Å². The minimum atomic E-state index is 0.895. The van der Waals surface area contributed by atoms with Crippen LogP contribution < -0.4 is 10.6 Å². The van der Waals surface area contributed by atoms with Crippen molar-refractivity contribution in [2.24, 2.45) is 0 Å². The summed E-state index contributed by atoms with van der Waals surface area (Å²) in [5.74, 6) is 0. The van der Waals surface area contributed by atoms with E-state index in [2.05, 4.69) is 10.6 Å². The monoisotopic (exact) mass is 296 g/mol. The molecule has 0 aliphatic rings. The van der Waals surface area contributed by atoms with Crippen molar-refractivity contribution in [2.45, 2.75) is 25.7 Å². The van der Waals surface area contributed by atoms with E-state index in [1.165, 1.54) is 25.7 Å². The molecule has 0 aliphatic carbocycles. The first-order valence-corrected chi connectivity index (χ1v) is 8.61. The summed E-state index contributed by atoms with van der Waals surface area (Å²) in [4.78, 5) is 0. The van der Waals surface area contributed by atoms with Gasteiger partial charge in [-0.2, -0.15) is 0 Å². The molecule has 0 bridgehead atoms. The van der Waals surface area contributed by atoms with E-state index in [9.17, 15) is 0 Å². The quantitative estimate of drug-likeness (QED) is 0.553. The van der Waals surface area contributed by atoms with Gasteiger partial charge in [0.25, 0.3) is 0 Å². The molecule has 0 amide bonds. The third-order valence-corrected chi connectivity index (χ3v) is 4.33. The molecule has 0 unspecified atom stereocenters. The Hall–Kier alpha value is 0.480. The smallest absolute Gasteiger partial charge is 0.133 e. The summed E-state index contributed by atoms with van der Waals surface area (Å²) in [5.41, 5.74) is 0. The number of thioether (sulfide) groups is 2. The average molecular weight is 297 g/mol. The first-order valence-electron chi connectivity index (χ1n) is 5.34. The van der Waals surface area contributed by atoms with Crippen LogP contribution in [0.1, 0.15) is 25.7 Å². The molecule has 0 radical (unpaired) electrons. The van der Waals surface area contributed by atoms with Crippen molar-refractivity contribution in [1.82, 2.24) is 10.6 Å². The lowest BCUT2D eigenvalue weighted by Gasteiger charge is -2.06. The second kappa shape index (κ2) is 12.0. The largest absolute Gasteiger partial charge is 0.371 e. The molecule has 0 saturated carbocycles. The Morgan fingerprint density at radius 3 is 1.50 bits per heavy atom. The summed E-state index contributed by atoms with van der Waals surface area (Å²) in [7, 11) is 0. The fourth-order valence-electron chi connectivity index (χ4n) is 1.13. The minimum absolute atomic E-state index is 0.895. The van der Waals surface area contributed by atoms with Gasteiger partial charge in [0.15, 0.2) is 0 Å². The summed E-state index contributed by atoms with van der Waals surface area (Å²) < 4.78 is 1.79. The summed E-state index contributed by atoms with van der Waals surface area (Å²) in [5, 5.41) is 6.41. The highest BCUT2D eigenvalue weighted by atomic mass is 32.2. The molecule has 0 heterocycles. The number of unbranched alkanes of at least 4 members (excludes halogenated alkanes) is 3. The van der Waals surface area contributed by atoms with Gasteiger partial charge >= 0.3 is 0 Å². The molecule has 0 spiro atoms. The highest BCUT2D eigenvalue weighted by Crippen LogP contribution is 2.00. The average Bonchev–Trinajstić information content (AvgIpc) is 2.31. The minimum Gasteiger partial charge on any atom is -0.371 e. The van der Waals surface area contributed by atoms with E-state index >= 15 is 0 Å². The van der Waals surface area contributed by atoms with E-state index in [0.717, 1.165) is 21.7 Å². The van der Waals surface area contributed by atoms with E-state index < -0.39 is 0 Å². The zero-order chi connectivity index (χ0) is 12.2. The Balaban J connectivity index is 3.10. The fourth-order valence-corrected chi connectivity index (χ4v) is 1.83. The third kappa shape index (κ3) is 11.0. The lowest BCUT2D eigenvalue weighted by Crippen LogP contribution is -2.20. The highest BCUT2D eigenvalue weighted by molar-refractivity contribution is 8.22. The van der Waals surface area contributed by atoms with E-state index in [1.807, 2.05) is 12.5 Å². The molecule has 2 nitrogen and oxygen atoms in total. The van der Waals surface area contributed by atoms with Gasteiger partial charge in [0.2, 0.25) is 0 Å². The number of rotatable bonds is 7. The van der Waals surface area contributed by atoms with Crippen LogP contribution in [-0.4, -0.2) is 34.2 Å². The van der Waals surface area contributed by atoms with Crippen LogP contribution in [0, 0.1) is 0 Å². The topological polar surface area (TPSA) is 24.1 Å². The van der Waals surface area contributed by atoms with E-state index in [-0.39, 0.29) is 0 Å². The maximum Gasteiger partial charge on any atom is 0.133 e. The predicted octanol–water partition coefficient (Wildman–Crippen LogP) is 3.02. The molecule has 0 aromatic carbocycles. The Morgan fingerprint density at radius 1 is 0.812 bits per heavy atom. The Kier molecular flexibility index (Phi) is 12.3. The van der Waals surface area contributed by atoms with Crippen LogP contribution in [0.25, 0.3) is 0 Å². The van der Waals surface area contributed by atoms with Crippen molar-refractivity contribution in [2.75, 3.05) is 25.6 Å². The van der Waals surface area contributed by atoms with Crippen molar-refractivity contribution in [3.05, 3.63) is 0 Å². The summed E-state index contributed by atoms with van der Waals surface area (Å²) in [6.45, 7) is 1.99. The molecule has 0 atom stereocenters. The maximum absolute atomic E-state index is 5.04. The van der Waals surface area contributed by atoms with Crippen molar-refractivity contribution in [1.29, 1.82) is 0 Å². The molecule has 0 saturated heterocycles. The molecule has 0 aromatic rings. The first-order chi connectivity index (χ1) is 7.70. The molecular weight excluding hydrogens is 276 g/mol. The van der Waals surface area contributed by atoms with Crippen molar-refractivity contribution >= 4 is 56.6 Å². The van der Waals surface area contributed by atoms with Crippen LogP contribution in [0.3, 0.4) is 0 Å². The SMILES string of the molecule is CSC(=S)NCCCCCCNC(=S)SC. The molecule has 0 aliphatic heterocycles. The van der Waals surface area contributed by atoms with Gasteiger partial charge in [-0.3, -0.25) is 0 Å². The van der Waals surface area contributed by atoms with Gasteiger partial charge in [-0.1, -0.05) is 37.3 Å². The van der Waals surface area contributed by atoms with Crippen LogP contribution in [0.5, 0.6) is 0 Å². The van der Waals surface area contributed by atoms with Crippen LogP contribution in [0.4, 0.5) is 0 Å². The lowest BCUT2D eigenvalue weighted by atomic mass is 10.2. The van der Waals surface area contributed by atoms with Gasteiger partial charge in [0.1, 0.15) is 8.64 Å². The molecule has 0 rings (SSSR count). The van der Waals surface area contributed by atoms with E-state index in [4.69, 9.17) is 24.4 Å². The summed E-state index contributed by atoms with van der Waals surface area (Å²) in [6.07, 6.45) is 8.86. The van der Waals surface area contributed by atoms with E-state index in [1.54, 1.807) is 23.5 Å². The predicted molar refractivity (Wildman–Crippen MR) is 86.7 cm³/mol. The Morgan fingerprint density at radius 2 is 1.19 bits per heavy atom. The van der Waals surface area contributed by atoms with Crippen LogP contribution in [0.2, 0.25) is 0 Å². The zero-order valence-electron chi connectivity index (χ0n) is 9.88. The molecule has 0 aromatic heterocycles. The summed E-state index contributed by atoms with van der Waals surface area (Å²) in [6, 6.07) is 0. The van der Waals surface area contributed by atoms with Crippen LogP contribution in [0.15, 0.2) is 0 Å². The summed E-state index contributed by atoms with van der Waals surface area (Å²) >= 11 is 13.3. The molecule has 16 heavy (non-hydrogen) atoms. The second-order valence-electron chi connectivity index (χ2n) is 3.25. The number of thiocarbonyl (C=S) groups is 2. The van der Waals surface area contributed by atoms with Gasteiger partial charge < -0.3 is 10.6 Å². The van der Waals surface area contributed by atoms with Crippen LogP contribution >= 0.6 is 48.0 Å². The normalized spacial score (nSPS) is 9.88. The standard InChI is InChI=1S/C10H20N2S4/c1-15-9(13)11-7-5-3-4-6-8-12-10(14)16-2/h3-8H2,1-2H3,(H,11,13)(H,12,14). The fraction of sp³-hybridized carbons (Fsp3) is 0.800. The van der Waals surface area contributed by atoms with Crippen molar-refractivity contribution < 1.29 is 0 Å². The molecule has 2 N–H and O–H groups in total. The zero-order valence-corrected chi connectivity index (χ0v) is 13.1. The Labute approximate surface area is 118 Å². The van der Waals surface area contributed by atoms with Gasteiger partial charge in [-0.25, -0.2) is 0 Å². The number of hydrogen-bond donors (Lipinski definition) is 2. The second-order valence-corrected chi connectivity index (χ2v) is 6.22. The Bertz CT molecular complexity index is 187. The van der Waals surface area contributed by atoms with Gasteiger partial charge in [0.05, 0.1) is 0 Å². The molecule has 6 heteroatoms. The van der Waals surface area contributed by atoms with Crippen LogP contribution in [-0.2, 0) is 0 Å². The molecular formula is C10H20N2S4. The number of hydrogen-bond acceptors (Lipinski definition) is 4. The van der Waals surface area contributed by atoms with Crippen molar-refractivity contribution in [3.63, 3.8) is 0 Å². The highest BCUT2D eigenvalue weighted by Gasteiger charge is 1.94. The molecule has 0 fully saturated rings. The molecule has 94 valence electrons.